The lowest BCUT2D eigenvalue weighted by Gasteiger charge is -2.41. The number of hydrogen-bond acceptors (Lipinski definition) is 2. The second kappa shape index (κ2) is 5.13. The first-order valence-corrected chi connectivity index (χ1v) is 5.83. The van der Waals surface area contributed by atoms with Gasteiger partial charge in [-0.05, 0) is 38.6 Å². The largest absolute Gasteiger partial charge is 0.380 e. The third-order valence-corrected chi connectivity index (χ3v) is 3.53. The number of ether oxygens (including phenoxy) is 1. The van der Waals surface area contributed by atoms with Gasteiger partial charge in [-0.2, -0.15) is 0 Å². The van der Waals surface area contributed by atoms with E-state index in [0.717, 1.165) is 18.4 Å². The van der Waals surface area contributed by atoms with Crippen LogP contribution in [0, 0.1) is 11.8 Å². The molecule has 0 aromatic rings. The second-order valence-corrected chi connectivity index (χ2v) is 5.06. The Morgan fingerprint density at radius 2 is 1.86 bits per heavy atom. The Labute approximate surface area is 88.6 Å². The number of methoxy groups -OCH3 is 1. The van der Waals surface area contributed by atoms with Crippen molar-refractivity contribution >= 4 is 0 Å². The van der Waals surface area contributed by atoms with Gasteiger partial charge in [-0.25, -0.2) is 0 Å². The van der Waals surface area contributed by atoms with Gasteiger partial charge in [0.25, 0.3) is 0 Å². The Morgan fingerprint density at radius 1 is 1.21 bits per heavy atom. The molecular formula is C12H25NO. The zero-order valence-electron chi connectivity index (χ0n) is 10.3. The van der Waals surface area contributed by atoms with Crippen molar-refractivity contribution in [3.05, 3.63) is 0 Å². The van der Waals surface area contributed by atoms with Gasteiger partial charge in [-0.15, -0.1) is 0 Å². The minimum Gasteiger partial charge on any atom is -0.380 e. The maximum absolute atomic E-state index is 5.60. The van der Waals surface area contributed by atoms with Crippen molar-refractivity contribution in [1.82, 2.24) is 4.90 Å². The average molecular weight is 199 g/mol. The van der Waals surface area contributed by atoms with Gasteiger partial charge in [-0.3, -0.25) is 4.90 Å². The predicted molar refractivity (Wildman–Crippen MR) is 60.5 cm³/mol. The molecule has 0 amide bonds. The SMILES string of the molecule is CO[C@H]1CN(C(C)C)CC[C@H]1C(C)C. The van der Waals surface area contributed by atoms with Gasteiger partial charge in [0.05, 0.1) is 6.10 Å². The summed E-state index contributed by atoms with van der Waals surface area (Å²) < 4.78 is 5.60. The smallest absolute Gasteiger partial charge is 0.0729 e. The first-order valence-electron chi connectivity index (χ1n) is 5.83. The van der Waals surface area contributed by atoms with E-state index in [0.29, 0.717) is 12.1 Å². The van der Waals surface area contributed by atoms with E-state index in [-0.39, 0.29) is 0 Å². The molecule has 0 spiro atoms. The third-order valence-electron chi connectivity index (χ3n) is 3.53. The lowest BCUT2D eigenvalue weighted by Crippen LogP contribution is -2.48. The molecule has 1 aliphatic rings. The molecular weight excluding hydrogens is 174 g/mol. The Morgan fingerprint density at radius 3 is 2.29 bits per heavy atom. The van der Waals surface area contributed by atoms with Gasteiger partial charge < -0.3 is 4.74 Å². The first kappa shape index (κ1) is 12.0. The van der Waals surface area contributed by atoms with Gasteiger partial charge in [0.2, 0.25) is 0 Å². The summed E-state index contributed by atoms with van der Waals surface area (Å²) in [6.45, 7) is 11.5. The Hall–Kier alpha value is -0.0800. The minimum absolute atomic E-state index is 0.436. The summed E-state index contributed by atoms with van der Waals surface area (Å²) in [6, 6.07) is 0.653. The van der Waals surface area contributed by atoms with Crippen molar-refractivity contribution in [2.24, 2.45) is 11.8 Å². The molecule has 0 bridgehead atoms. The summed E-state index contributed by atoms with van der Waals surface area (Å²) in [7, 11) is 1.85. The number of nitrogens with zero attached hydrogens (tertiary/aromatic N) is 1. The topological polar surface area (TPSA) is 12.5 Å². The fraction of sp³-hybridized carbons (Fsp3) is 1.00. The van der Waals surface area contributed by atoms with Crippen molar-refractivity contribution in [3.8, 4) is 0 Å². The molecule has 2 nitrogen and oxygen atoms in total. The second-order valence-electron chi connectivity index (χ2n) is 5.06. The summed E-state index contributed by atoms with van der Waals surface area (Å²) in [5.41, 5.74) is 0. The molecule has 1 saturated heterocycles. The minimum atomic E-state index is 0.436. The van der Waals surface area contributed by atoms with Crippen LogP contribution in [0.5, 0.6) is 0 Å². The molecule has 14 heavy (non-hydrogen) atoms. The summed E-state index contributed by atoms with van der Waals surface area (Å²) >= 11 is 0. The molecule has 0 aromatic heterocycles. The molecule has 0 radical (unpaired) electrons. The van der Waals surface area contributed by atoms with Crippen LogP contribution in [-0.4, -0.2) is 37.2 Å². The molecule has 0 aromatic carbocycles. The zero-order chi connectivity index (χ0) is 10.7. The lowest BCUT2D eigenvalue weighted by molar-refractivity contribution is -0.0352. The Kier molecular flexibility index (Phi) is 4.39. The van der Waals surface area contributed by atoms with E-state index in [1.165, 1.54) is 13.0 Å². The standard InChI is InChI=1S/C12H25NO/c1-9(2)11-6-7-13(10(3)4)8-12(11)14-5/h9-12H,6-8H2,1-5H3/t11-,12-/m0/s1. The summed E-state index contributed by atoms with van der Waals surface area (Å²) in [4.78, 5) is 2.52. The molecule has 0 aliphatic carbocycles. The van der Waals surface area contributed by atoms with Gasteiger partial charge in [-0.1, -0.05) is 13.8 Å². The molecule has 0 N–H and O–H groups in total. The van der Waals surface area contributed by atoms with Crippen LogP contribution in [0.15, 0.2) is 0 Å². The summed E-state index contributed by atoms with van der Waals surface area (Å²) in [6.07, 6.45) is 1.72. The third kappa shape index (κ3) is 2.71. The van der Waals surface area contributed by atoms with Crippen molar-refractivity contribution in [2.45, 2.75) is 46.3 Å². The number of hydrogen-bond donors (Lipinski definition) is 0. The highest BCUT2D eigenvalue weighted by atomic mass is 16.5. The monoisotopic (exact) mass is 199 g/mol. The van der Waals surface area contributed by atoms with Gasteiger partial charge in [0, 0.05) is 19.7 Å². The molecule has 1 rings (SSSR count). The normalized spacial score (nSPS) is 30.2. The van der Waals surface area contributed by atoms with Gasteiger partial charge in [0.1, 0.15) is 0 Å². The number of rotatable bonds is 3. The van der Waals surface area contributed by atoms with Crippen LogP contribution in [0.2, 0.25) is 0 Å². The van der Waals surface area contributed by atoms with Gasteiger partial charge >= 0.3 is 0 Å². The van der Waals surface area contributed by atoms with E-state index in [2.05, 4.69) is 32.6 Å². The van der Waals surface area contributed by atoms with Crippen LogP contribution in [0.25, 0.3) is 0 Å². The van der Waals surface area contributed by atoms with Crippen LogP contribution in [-0.2, 0) is 4.74 Å². The van der Waals surface area contributed by atoms with Crippen LogP contribution in [0.1, 0.15) is 34.1 Å². The van der Waals surface area contributed by atoms with E-state index in [1.807, 2.05) is 7.11 Å². The maximum Gasteiger partial charge on any atom is 0.0729 e. The molecule has 2 heteroatoms. The zero-order valence-corrected chi connectivity index (χ0v) is 10.3. The molecule has 1 fully saturated rings. The number of likely N-dealkylation sites (tertiary alicyclic amines) is 1. The van der Waals surface area contributed by atoms with Crippen LogP contribution >= 0.6 is 0 Å². The Balaban J connectivity index is 2.54. The van der Waals surface area contributed by atoms with Crippen molar-refractivity contribution in [3.63, 3.8) is 0 Å². The van der Waals surface area contributed by atoms with Crippen molar-refractivity contribution < 1.29 is 4.74 Å². The first-order chi connectivity index (χ1) is 6.56. The van der Waals surface area contributed by atoms with E-state index < -0.39 is 0 Å². The van der Waals surface area contributed by atoms with Crippen LogP contribution in [0.3, 0.4) is 0 Å². The number of piperidine rings is 1. The van der Waals surface area contributed by atoms with E-state index in [4.69, 9.17) is 4.74 Å². The fourth-order valence-corrected chi connectivity index (χ4v) is 2.44. The fourth-order valence-electron chi connectivity index (χ4n) is 2.44. The highest BCUT2D eigenvalue weighted by Crippen LogP contribution is 2.27. The average Bonchev–Trinajstić information content (AvgIpc) is 2.16. The maximum atomic E-state index is 5.60. The van der Waals surface area contributed by atoms with Gasteiger partial charge in [0.15, 0.2) is 0 Å². The van der Waals surface area contributed by atoms with Crippen molar-refractivity contribution in [1.29, 1.82) is 0 Å². The van der Waals surface area contributed by atoms with Crippen molar-refractivity contribution in [2.75, 3.05) is 20.2 Å². The summed E-state index contributed by atoms with van der Waals surface area (Å²) in [5.74, 6) is 1.49. The molecule has 0 unspecified atom stereocenters. The molecule has 2 atom stereocenters. The molecule has 1 heterocycles. The molecule has 84 valence electrons. The molecule has 1 aliphatic heterocycles. The quantitative estimate of drug-likeness (QED) is 0.692. The van der Waals surface area contributed by atoms with E-state index >= 15 is 0 Å². The van der Waals surface area contributed by atoms with Crippen LogP contribution < -0.4 is 0 Å². The highest BCUT2D eigenvalue weighted by Gasteiger charge is 2.31. The molecule has 0 saturated carbocycles. The van der Waals surface area contributed by atoms with E-state index in [9.17, 15) is 0 Å². The van der Waals surface area contributed by atoms with Crippen LogP contribution in [0.4, 0.5) is 0 Å². The highest BCUT2D eigenvalue weighted by molar-refractivity contribution is 4.84. The lowest BCUT2D eigenvalue weighted by atomic mass is 9.84. The van der Waals surface area contributed by atoms with E-state index in [1.54, 1.807) is 0 Å². The predicted octanol–water partition coefficient (Wildman–Crippen LogP) is 2.39. The summed E-state index contributed by atoms with van der Waals surface area (Å²) in [5, 5.41) is 0. The Bertz CT molecular complexity index is 168.